The summed E-state index contributed by atoms with van der Waals surface area (Å²) in [5.74, 6) is -1.94. The molecular formula is C21H35N5O10. The summed E-state index contributed by atoms with van der Waals surface area (Å²) in [6, 6.07) is -0.255. The Bertz CT molecular complexity index is 974. The second kappa shape index (κ2) is 13.7. The molecule has 0 aromatic carbocycles. The van der Waals surface area contributed by atoms with Gasteiger partial charge in [0.15, 0.2) is 0 Å². The molecule has 1 aromatic heterocycles. The number of carbonyl (C=O) groups excluding carboxylic acids is 2. The maximum absolute atomic E-state index is 12.6. The number of hydrogen-bond acceptors (Lipinski definition) is 10. The van der Waals surface area contributed by atoms with Crippen LogP contribution in [0.3, 0.4) is 0 Å². The van der Waals surface area contributed by atoms with Gasteiger partial charge in [-0.15, -0.1) is 0 Å². The molecule has 1 aromatic rings. The van der Waals surface area contributed by atoms with Gasteiger partial charge in [0.2, 0.25) is 5.91 Å². The van der Waals surface area contributed by atoms with Crippen LogP contribution in [-0.4, -0.2) is 93.9 Å². The summed E-state index contributed by atoms with van der Waals surface area (Å²) in [6.07, 6.45) is -6.90. The first-order valence-corrected chi connectivity index (χ1v) is 11.1. The average Bonchev–Trinajstić information content (AvgIpc) is 3.02. The van der Waals surface area contributed by atoms with E-state index in [-0.39, 0.29) is 18.7 Å². The van der Waals surface area contributed by atoms with E-state index in [4.69, 9.17) is 14.6 Å². The Morgan fingerprint density at radius 1 is 1.14 bits per heavy atom. The lowest BCUT2D eigenvalue weighted by atomic mass is 10.1. The van der Waals surface area contributed by atoms with Gasteiger partial charge in [-0.05, 0) is 41.3 Å². The molecule has 15 nitrogen and oxygen atoms in total. The molecule has 15 heteroatoms. The fourth-order valence-corrected chi connectivity index (χ4v) is 3.13. The number of nitrogens with one attached hydrogen (secondary N) is 5. The first-order chi connectivity index (χ1) is 16.7. The molecule has 204 valence electrons. The van der Waals surface area contributed by atoms with Crippen molar-refractivity contribution in [2.45, 2.75) is 69.7 Å². The molecule has 1 saturated heterocycles. The van der Waals surface area contributed by atoms with E-state index < -0.39 is 71.7 Å². The van der Waals surface area contributed by atoms with Crippen molar-refractivity contribution in [2.75, 3.05) is 20.6 Å². The van der Waals surface area contributed by atoms with Gasteiger partial charge in [-0.25, -0.2) is 9.59 Å². The van der Waals surface area contributed by atoms with Crippen LogP contribution >= 0.6 is 0 Å². The first kappa shape index (κ1) is 30.8. The highest BCUT2D eigenvalue weighted by Gasteiger charge is 2.44. The first-order valence-electron chi connectivity index (χ1n) is 11.1. The summed E-state index contributed by atoms with van der Waals surface area (Å²) in [5, 5.41) is 36.9. The fraction of sp³-hybridized carbons (Fsp3) is 0.667. The Morgan fingerprint density at radius 2 is 1.75 bits per heavy atom. The standard InChI is InChI=1S/C19H28N4O10.C2H7N/c1-19(2,3)33-18(31)22-8(4-5-12(25)26)16(29)20-7-10-13(27)14(28)15(32-10)9-6-11(24)23-17(30)21-9;1-3-2/h6,8,10,13-15,27-28H,4-5,7H2,1-3H3,(H,20,29)(H,22,31)(H,25,26)(H2,21,23,24,30);3H,1-2H3. The number of ether oxygens (including phenoxy) is 2. The number of rotatable bonds is 8. The van der Waals surface area contributed by atoms with Gasteiger partial charge in [-0.3, -0.25) is 19.4 Å². The van der Waals surface area contributed by atoms with Gasteiger partial charge < -0.3 is 45.7 Å². The highest BCUT2D eigenvalue weighted by molar-refractivity contribution is 5.86. The molecule has 2 amide bonds. The number of hydrogen-bond donors (Lipinski definition) is 8. The Hall–Kier alpha value is -3.27. The molecule has 5 atom stereocenters. The molecule has 0 aliphatic carbocycles. The fourth-order valence-electron chi connectivity index (χ4n) is 3.13. The molecule has 0 bridgehead atoms. The molecule has 2 rings (SSSR count). The summed E-state index contributed by atoms with van der Waals surface area (Å²) in [6.45, 7) is 4.54. The van der Waals surface area contributed by atoms with Crippen molar-refractivity contribution in [3.05, 3.63) is 32.6 Å². The number of aliphatic hydroxyl groups excluding tert-OH is 2. The monoisotopic (exact) mass is 517 g/mol. The second-order valence-electron chi connectivity index (χ2n) is 9.00. The van der Waals surface area contributed by atoms with E-state index in [1.807, 2.05) is 19.1 Å². The number of carbonyl (C=O) groups is 3. The van der Waals surface area contributed by atoms with Crippen molar-refractivity contribution in [3.8, 4) is 0 Å². The number of carboxylic acids is 1. The molecule has 8 N–H and O–H groups in total. The SMILES string of the molecule is CC(C)(C)OC(=O)NC(CCC(=O)O)C(=O)NCC1OC(c2cc(=O)[nH]c(=O)[nH]2)C(O)C1O.CNC. The minimum Gasteiger partial charge on any atom is -0.481 e. The van der Waals surface area contributed by atoms with Crippen molar-refractivity contribution in [1.82, 2.24) is 25.9 Å². The zero-order chi connectivity index (χ0) is 27.6. The van der Waals surface area contributed by atoms with Crippen molar-refractivity contribution < 1.29 is 39.2 Å². The molecule has 0 saturated carbocycles. The quantitative estimate of drug-likeness (QED) is 0.187. The topological polar surface area (TPSA) is 232 Å². The van der Waals surface area contributed by atoms with Gasteiger partial charge in [-0.2, -0.15) is 0 Å². The third-order valence-electron chi connectivity index (χ3n) is 4.58. The number of aromatic amines is 2. The third-order valence-corrected chi connectivity index (χ3v) is 4.58. The van der Waals surface area contributed by atoms with Gasteiger partial charge in [0.05, 0.1) is 5.69 Å². The van der Waals surface area contributed by atoms with Crippen LogP contribution in [-0.2, 0) is 19.1 Å². The zero-order valence-corrected chi connectivity index (χ0v) is 20.8. The molecule has 0 radical (unpaired) electrons. The van der Waals surface area contributed by atoms with E-state index in [9.17, 15) is 34.2 Å². The van der Waals surface area contributed by atoms with Crippen LogP contribution in [0.5, 0.6) is 0 Å². The molecular weight excluding hydrogens is 482 g/mol. The van der Waals surface area contributed by atoms with E-state index in [0.29, 0.717) is 0 Å². The van der Waals surface area contributed by atoms with Gasteiger partial charge in [0.1, 0.15) is 36.1 Å². The van der Waals surface area contributed by atoms with Crippen LogP contribution in [0.25, 0.3) is 0 Å². The lowest BCUT2D eigenvalue weighted by molar-refractivity contribution is -0.137. The largest absolute Gasteiger partial charge is 0.481 e. The summed E-state index contributed by atoms with van der Waals surface area (Å²) in [4.78, 5) is 62.7. The van der Waals surface area contributed by atoms with E-state index in [1.165, 1.54) is 0 Å². The normalized spacial score (nSPS) is 22.1. The average molecular weight is 518 g/mol. The number of aliphatic hydroxyl groups is 2. The van der Waals surface area contributed by atoms with Gasteiger partial charge in [0.25, 0.3) is 5.56 Å². The molecule has 1 aliphatic heterocycles. The maximum atomic E-state index is 12.6. The Labute approximate surface area is 206 Å². The van der Waals surface area contributed by atoms with Crippen molar-refractivity contribution in [1.29, 1.82) is 0 Å². The van der Waals surface area contributed by atoms with Crippen molar-refractivity contribution in [3.63, 3.8) is 0 Å². The zero-order valence-electron chi connectivity index (χ0n) is 20.8. The van der Waals surface area contributed by atoms with E-state index in [0.717, 1.165) is 6.07 Å². The highest BCUT2D eigenvalue weighted by Crippen LogP contribution is 2.31. The second-order valence-corrected chi connectivity index (χ2v) is 9.00. The number of aromatic nitrogens is 2. The molecule has 1 aliphatic rings. The number of H-pyrrole nitrogens is 2. The number of amides is 2. The van der Waals surface area contributed by atoms with Gasteiger partial charge in [0, 0.05) is 19.0 Å². The predicted molar refractivity (Wildman–Crippen MR) is 125 cm³/mol. The molecule has 5 unspecified atom stereocenters. The summed E-state index contributed by atoms with van der Waals surface area (Å²) >= 11 is 0. The van der Waals surface area contributed by atoms with Crippen LogP contribution in [0.2, 0.25) is 0 Å². The summed E-state index contributed by atoms with van der Waals surface area (Å²) in [7, 11) is 3.75. The van der Waals surface area contributed by atoms with Crippen LogP contribution in [0.1, 0.15) is 45.4 Å². The van der Waals surface area contributed by atoms with E-state index in [1.54, 1.807) is 20.8 Å². The summed E-state index contributed by atoms with van der Waals surface area (Å²) < 4.78 is 10.6. The molecule has 2 heterocycles. The van der Waals surface area contributed by atoms with Crippen LogP contribution in [0.15, 0.2) is 15.7 Å². The third kappa shape index (κ3) is 10.2. The number of alkyl carbamates (subject to hydrolysis) is 1. The minimum atomic E-state index is -1.51. The Kier molecular flexibility index (Phi) is 11.7. The predicted octanol–water partition coefficient (Wildman–Crippen LogP) is -2.07. The van der Waals surface area contributed by atoms with Gasteiger partial charge in [-0.1, -0.05) is 0 Å². The van der Waals surface area contributed by atoms with E-state index in [2.05, 4.69) is 20.9 Å². The van der Waals surface area contributed by atoms with Crippen molar-refractivity contribution in [2.24, 2.45) is 0 Å². The van der Waals surface area contributed by atoms with E-state index >= 15 is 0 Å². The molecule has 1 fully saturated rings. The van der Waals surface area contributed by atoms with Crippen LogP contribution in [0, 0.1) is 0 Å². The highest BCUT2D eigenvalue weighted by atomic mass is 16.6. The minimum absolute atomic E-state index is 0.0601. The van der Waals surface area contributed by atoms with Gasteiger partial charge >= 0.3 is 17.8 Å². The lowest BCUT2D eigenvalue weighted by Gasteiger charge is -2.24. The molecule has 36 heavy (non-hydrogen) atoms. The molecule has 0 spiro atoms. The van der Waals surface area contributed by atoms with Crippen molar-refractivity contribution >= 4 is 18.0 Å². The lowest BCUT2D eigenvalue weighted by Crippen LogP contribution is -2.50. The number of aliphatic carboxylic acids is 1. The summed E-state index contributed by atoms with van der Waals surface area (Å²) in [5.41, 5.74) is -2.46. The smallest absolute Gasteiger partial charge is 0.408 e. The Balaban J connectivity index is 0.00000205. The van der Waals surface area contributed by atoms with Crippen LogP contribution in [0.4, 0.5) is 4.79 Å². The number of carboxylic acid groups (broad SMARTS) is 1. The van der Waals surface area contributed by atoms with Crippen LogP contribution < -0.4 is 27.2 Å². The Morgan fingerprint density at radius 3 is 2.28 bits per heavy atom. The maximum Gasteiger partial charge on any atom is 0.408 e.